The van der Waals surface area contributed by atoms with Crippen molar-refractivity contribution in [2.24, 2.45) is 0 Å². The molecule has 0 spiro atoms. The van der Waals surface area contributed by atoms with Crippen LogP contribution in [0.5, 0.6) is 0 Å². The molecule has 1 aromatic carbocycles. The van der Waals surface area contributed by atoms with Crippen LogP contribution in [-0.4, -0.2) is 25.9 Å². The highest BCUT2D eigenvalue weighted by molar-refractivity contribution is 7.91. The van der Waals surface area contributed by atoms with E-state index in [1.54, 1.807) is 25.1 Å². The topological polar surface area (TPSA) is 69.4 Å². The highest BCUT2D eigenvalue weighted by atomic mass is 32.2. The third-order valence-electron chi connectivity index (χ3n) is 3.62. The van der Waals surface area contributed by atoms with Crippen molar-refractivity contribution in [1.29, 1.82) is 0 Å². The molecule has 1 aliphatic heterocycles. The molecule has 1 fully saturated rings. The molecule has 0 bridgehead atoms. The minimum absolute atomic E-state index is 0.0285. The second kappa shape index (κ2) is 4.80. The number of anilines is 1. The summed E-state index contributed by atoms with van der Waals surface area (Å²) in [4.78, 5) is 0.320. The maximum atomic E-state index is 12.4. The van der Waals surface area contributed by atoms with Gasteiger partial charge in [-0.3, -0.25) is 0 Å². The first-order valence-corrected chi connectivity index (χ1v) is 8.12. The van der Waals surface area contributed by atoms with Gasteiger partial charge in [0.25, 0.3) is 0 Å². The summed E-state index contributed by atoms with van der Waals surface area (Å²) in [6.45, 7) is 5.72. The van der Waals surface area contributed by atoms with Crippen molar-refractivity contribution in [3.8, 4) is 0 Å². The Morgan fingerprint density at radius 1 is 1.42 bits per heavy atom. The van der Waals surface area contributed by atoms with Crippen molar-refractivity contribution < 1.29 is 13.2 Å². The number of rotatable bonds is 3. The Hall–Kier alpha value is -1.07. The van der Waals surface area contributed by atoms with Gasteiger partial charge in [-0.1, -0.05) is 6.07 Å². The van der Waals surface area contributed by atoms with E-state index < -0.39 is 9.84 Å². The fourth-order valence-corrected chi connectivity index (χ4v) is 4.27. The molecular weight excluding hydrogens is 262 g/mol. The summed E-state index contributed by atoms with van der Waals surface area (Å²) in [6, 6.07) is 5.00. The molecule has 0 saturated carbocycles. The Morgan fingerprint density at radius 2 is 2.11 bits per heavy atom. The monoisotopic (exact) mass is 283 g/mol. The first-order chi connectivity index (χ1) is 8.71. The van der Waals surface area contributed by atoms with Crippen LogP contribution in [0.1, 0.15) is 32.3 Å². The largest absolute Gasteiger partial charge is 0.398 e. The van der Waals surface area contributed by atoms with Crippen LogP contribution >= 0.6 is 0 Å². The number of benzene rings is 1. The summed E-state index contributed by atoms with van der Waals surface area (Å²) in [6.07, 6.45) is 1.46. The Balaban J connectivity index is 2.22. The fourth-order valence-electron chi connectivity index (χ4n) is 2.50. The Kier molecular flexibility index (Phi) is 3.62. The molecule has 1 aliphatic rings. The van der Waals surface area contributed by atoms with Crippen molar-refractivity contribution in [1.82, 2.24) is 0 Å². The zero-order valence-electron chi connectivity index (χ0n) is 11.6. The molecule has 4 nitrogen and oxygen atoms in total. The molecule has 1 atom stereocenters. The van der Waals surface area contributed by atoms with E-state index in [4.69, 9.17) is 10.5 Å². The average Bonchev–Trinajstić information content (AvgIpc) is 2.61. The Morgan fingerprint density at radius 3 is 2.68 bits per heavy atom. The van der Waals surface area contributed by atoms with E-state index in [2.05, 4.69) is 0 Å². The molecule has 1 heterocycles. The fraction of sp³-hybridized carbons (Fsp3) is 0.571. The zero-order chi connectivity index (χ0) is 14.3. The quantitative estimate of drug-likeness (QED) is 0.864. The van der Waals surface area contributed by atoms with Gasteiger partial charge in [-0.2, -0.15) is 0 Å². The van der Waals surface area contributed by atoms with Crippen LogP contribution in [0.15, 0.2) is 23.1 Å². The second-order valence-corrected chi connectivity index (χ2v) is 7.79. The lowest BCUT2D eigenvalue weighted by atomic mass is 10.1. The van der Waals surface area contributed by atoms with Crippen molar-refractivity contribution in [2.75, 3.05) is 11.5 Å². The van der Waals surface area contributed by atoms with E-state index in [-0.39, 0.29) is 17.5 Å². The molecule has 1 aromatic rings. The normalized spacial score (nSPS) is 22.6. The van der Waals surface area contributed by atoms with E-state index >= 15 is 0 Å². The molecule has 2 rings (SSSR count). The zero-order valence-corrected chi connectivity index (χ0v) is 12.5. The highest BCUT2D eigenvalue weighted by Crippen LogP contribution is 2.31. The standard InChI is InChI=1S/C14H21NO3S/c1-10-12(15)5-4-6-13(10)19(16,17)9-11-7-8-14(2,3)18-11/h4-6,11H,7-9,15H2,1-3H3. The van der Waals surface area contributed by atoms with Gasteiger partial charge in [0.15, 0.2) is 9.84 Å². The lowest BCUT2D eigenvalue weighted by Crippen LogP contribution is -2.25. The third kappa shape index (κ3) is 3.09. The van der Waals surface area contributed by atoms with Gasteiger partial charge in [0, 0.05) is 5.69 Å². The van der Waals surface area contributed by atoms with Gasteiger partial charge in [-0.25, -0.2) is 8.42 Å². The molecule has 106 valence electrons. The number of sulfone groups is 1. The molecule has 1 unspecified atom stereocenters. The maximum absolute atomic E-state index is 12.4. The number of nitrogen functional groups attached to an aromatic ring is 1. The van der Waals surface area contributed by atoms with Crippen LogP contribution in [0.3, 0.4) is 0 Å². The second-order valence-electron chi connectivity index (χ2n) is 5.79. The van der Waals surface area contributed by atoms with Crippen LogP contribution < -0.4 is 5.73 Å². The molecule has 0 amide bonds. The van der Waals surface area contributed by atoms with Gasteiger partial charge in [0.05, 0.1) is 22.4 Å². The van der Waals surface area contributed by atoms with Gasteiger partial charge in [-0.15, -0.1) is 0 Å². The SMILES string of the molecule is Cc1c(N)cccc1S(=O)(=O)CC1CCC(C)(C)O1. The van der Waals surface area contributed by atoms with Gasteiger partial charge < -0.3 is 10.5 Å². The summed E-state index contributed by atoms with van der Waals surface area (Å²) in [5.74, 6) is 0.0285. The van der Waals surface area contributed by atoms with Gasteiger partial charge in [-0.05, 0) is 51.3 Å². The third-order valence-corrected chi connectivity index (χ3v) is 5.54. The van der Waals surface area contributed by atoms with E-state index in [9.17, 15) is 8.42 Å². The molecule has 19 heavy (non-hydrogen) atoms. The van der Waals surface area contributed by atoms with E-state index in [1.165, 1.54) is 0 Å². The predicted molar refractivity (Wildman–Crippen MR) is 75.8 cm³/mol. The highest BCUT2D eigenvalue weighted by Gasteiger charge is 2.35. The Labute approximate surface area is 114 Å². The van der Waals surface area contributed by atoms with Crippen LogP contribution in [0.25, 0.3) is 0 Å². The van der Waals surface area contributed by atoms with Crippen molar-refractivity contribution in [2.45, 2.75) is 50.2 Å². The van der Waals surface area contributed by atoms with E-state index in [0.717, 1.165) is 12.8 Å². The van der Waals surface area contributed by atoms with E-state index in [0.29, 0.717) is 16.1 Å². The van der Waals surface area contributed by atoms with Crippen molar-refractivity contribution >= 4 is 15.5 Å². The lowest BCUT2D eigenvalue weighted by molar-refractivity contribution is -0.00527. The lowest BCUT2D eigenvalue weighted by Gasteiger charge is -2.19. The molecule has 2 N–H and O–H groups in total. The van der Waals surface area contributed by atoms with E-state index in [1.807, 2.05) is 13.8 Å². The maximum Gasteiger partial charge on any atom is 0.181 e. The predicted octanol–water partition coefficient (Wildman–Crippen LogP) is 2.31. The summed E-state index contributed by atoms with van der Waals surface area (Å²) >= 11 is 0. The summed E-state index contributed by atoms with van der Waals surface area (Å²) < 4.78 is 30.6. The molecule has 5 heteroatoms. The average molecular weight is 283 g/mol. The number of hydrogen-bond donors (Lipinski definition) is 1. The molecule has 1 saturated heterocycles. The van der Waals surface area contributed by atoms with Gasteiger partial charge in [0.1, 0.15) is 0 Å². The smallest absolute Gasteiger partial charge is 0.181 e. The van der Waals surface area contributed by atoms with Gasteiger partial charge >= 0.3 is 0 Å². The van der Waals surface area contributed by atoms with Crippen LogP contribution in [-0.2, 0) is 14.6 Å². The van der Waals surface area contributed by atoms with Gasteiger partial charge in [0.2, 0.25) is 0 Å². The molecule has 0 radical (unpaired) electrons. The molecule has 0 aromatic heterocycles. The minimum atomic E-state index is -3.35. The Bertz CT molecular complexity index is 578. The first-order valence-electron chi connectivity index (χ1n) is 6.47. The number of ether oxygens (including phenoxy) is 1. The first kappa shape index (κ1) is 14.3. The molecular formula is C14H21NO3S. The van der Waals surface area contributed by atoms with Crippen LogP contribution in [0.4, 0.5) is 5.69 Å². The van der Waals surface area contributed by atoms with Crippen LogP contribution in [0, 0.1) is 6.92 Å². The summed E-state index contributed by atoms with van der Waals surface area (Å²) in [5.41, 5.74) is 6.69. The number of hydrogen-bond acceptors (Lipinski definition) is 4. The number of nitrogens with two attached hydrogens (primary N) is 1. The van der Waals surface area contributed by atoms with Crippen molar-refractivity contribution in [3.63, 3.8) is 0 Å². The summed E-state index contributed by atoms with van der Waals surface area (Å²) in [5, 5.41) is 0. The summed E-state index contributed by atoms with van der Waals surface area (Å²) in [7, 11) is -3.35. The minimum Gasteiger partial charge on any atom is -0.398 e. The van der Waals surface area contributed by atoms with Crippen molar-refractivity contribution in [3.05, 3.63) is 23.8 Å². The van der Waals surface area contributed by atoms with Crippen LogP contribution in [0.2, 0.25) is 0 Å². The molecule has 0 aliphatic carbocycles.